The van der Waals surface area contributed by atoms with Crippen LogP contribution in [0.2, 0.25) is 0 Å². The Morgan fingerprint density at radius 3 is 2.26 bits per heavy atom. The van der Waals surface area contributed by atoms with Crippen molar-refractivity contribution in [1.82, 2.24) is 4.90 Å². The monoisotopic (exact) mass is 650 g/mol. The molecule has 0 fully saturated rings. The van der Waals surface area contributed by atoms with Gasteiger partial charge in [-0.3, -0.25) is 24.3 Å². The fraction of sp³-hybridized carbons (Fsp3) is 0.0811. The Bertz CT molecular complexity index is 1910. The molecule has 2 heterocycles. The number of fused-ring (bicyclic) bond motifs is 1. The summed E-state index contributed by atoms with van der Waals surface area (Å²) in [4.78, 5) is 46.4. The van der Waals surface area contributed by atoms with Crippen molar-refractivity contribution in [1.29, 1.82) is 0 Å². The highest BCUT2D eigenvalue weighted by atomic mass is 35.5. The molecule has 0 saturated carbocycles. The summed E-state index contributed by atoms with van der Waals surface area (Å²) >= 11 is 0. The molecule has 7 nitrogen and oxygen atoms in total. The highest BCUT2D eigenvalue weighted by Gasteiger charge is 2.41. The highest BCUT2D eigenvalue weighted by Crippen LogP contribution is 2.43. The molecule has 0 unspecified atom stereocenters. The van der Waals surface area contributed by atoms with Crippen molar-refractivity contribution in [2.45, 2.75) is 12.3 Å². The maximum atomic E-state index is 15.6. The predicted molar refractivity (Wildman–Crippen MR) is 183 cm³/mol. The average Bonchev–Trinajstić information content (AvgIpc) is 3.43. The van der Waals surface area contributed by atoms with Crippen LogP contribution in [0.1, 0.15) is 32.7 Å². The van der Waals surface area contributed by atoms with Crippen LogP contribution in [0.5, 0.6) is 0 Å². The van der Waals surface area contributed by atoms with Crippen LogP contribution in [0.15, 0.2) is 139 Å². The number of nitrogens with zero attached hydrogens (tertiary/aromatic N) is 3. The van der Waals surface area contributed by atoms with E-state index >= 15 is 8.78 Å². The van der Waals surface area contributed by atoms with Crippen LogP contribution in [0, 0.1) is 0 Å². The van der Waals surface area contributed by atoms with Gasteiger partial charge in [-0.15, -0.1) is 12.4 Å². The van der Waals surface area contributed by atoms with Crippen LogP contribution in [0.25, 0.3) is 16.7 Å². The van der Waals surface area contributed by atoms with Gasteiger partial charge in [0.25, 0.3) is 23.6 Å². The Labute approximate surface area is 276 Å². The Hall–Kier alpha value is -5.67. The number of carbonyl (C=O) groups excluding carboxylic acids is 3. The summed E-state index contributed by atoms with van der Waals surface area (Å²) in [5.41, 5.74) is 2.80. The number of nitrogens with one attached hydrogen (secondary N) is 1. The molecule has 47 heavy (non-hydrogen) atoms. The molecule has 10 heteroatoms. The minimum Gasteiger partial charge on any atom is -0.322 e. The Balaban J connectivity index is 0.00000433. The van der Waals surface area contributed by atoms with Gasteiger partial charge in [0.15, 0.2) is 0 Å². The Kier molecular flexibility index (Phi) is 9.87. The number of aliphatic imine (C=N–C) groups is 1. The third-order valence-electron chi connectivity index (χ3n) is 7.67. The van der Waals surface area contributed by atoms with Gasteiger partial charge in [0.2, 0.25) is 0 Å². The second kappa shape index (κ2) is 14.2. The zero-order valence-corrected chi connectivity index (χ0v) is 25.7. The van der Waals surface area contributed by atoms with Gasteiger partial charge >= 0.3 is 0 Å². The average molecular weight is 651 g/mol. The molecule has 0 saturated heterocycles. The molecule has 3 amide bonds. The Morgan fingerprint density at radius 1 is 0.809 bits per heavy atom. The van der Waals surface area contributed by atoms with Gasteiger partial charge in [-0.05, 0) is 53.6 Å². The van der Waals surface area contributed by atoms with E-state index in [-0.39, 0.29) is 41.7 Å². The van der Waals surface area contributed by atoms with Crippen LogP contribution >= 0.6 is 12.4 Å². The van der Waals surface area contributed by atoms with Crippen molar-refractivity contribution in [3.8, 4) is 11.1 Å². The number of para-hydroxylation sites is 1. The zero-order valence-electron chi connectivity index (χ0n) is 24.9. The second-order valence-corrected chi connectivity index (χ2v) is 10.6. The number of hydrogen-bond donors (Lipinski definition) is 1. The minimum atomic E-state index is -3.39. The van der Waals surface area contributed by atoms with Gasteiger partial charge in [-0.1, -0.05) is 66.7 Å². The standard InChI is InChI=1S/C37H28F2N4O3.ClH/c38-37(39)19-23-43(33-14-7-6-13-31(33)32(37)25-34(44)42-22-8-20-40-21-24-42)36(46)27-15-17-28(18-16-27)41-35(45)30-12-5-4-11-29(30)26-9-2-1-3-10-26;/h1-18,20-22,24-25H,19,23H2,(H,41,45);1H/b32-25-;. The van der Waals surface area contributed by atoms with Crippen LogP contribution < -0.4 is 10.2 Å². The van der Waals surface area contributed by atoms with Gasteiger partial charge in [0.1, 0.15) is 0 Å². The first-order valence-electron chi connectivity index (χ1n) is 14.6. The number of carbonyl (C=O) groups is 3. The topological polar surface area (TPSA) is 82.1 Å². The van der Waals surface area contributed by atoms with Crippen molar-refractivity contribution in [2.75, 3.05) is 16.8 Å². The fourth-order valence-corrected chi connectivity index (χ4v) is 5.37. The number of hydrogen-bond acceptors (Lipinski definition) is 4. The fourth-order valence-electron chi connectivity index (χ4n) is 5.37. The van der Waals surface area contributed by atoms with Gasteiger partial charge in [0, 0.05) is 71.8 Å². The summed E-state index contributed by atoms with van der Waals surface area (Å²) in [7, 11) is 0. The van der Waals surface area contributed by atoms with Crippen molar-refractivity contribution in [2.24, 2.45) is 4.99 Å². The molecular formula is C37H29ClF2N4O3. The van der Waals surface area contributed by atoms with E-state index in [1.54, 1.807) is 54.6 Å². The lowest BCUT2D eigenvalue weighted by atomic mass is 9.97. The summed E-state index contributed by atoms with van der Waals surface area (Å²) in [5.74, 6) is -4.86. The van der Waals surface area contributed by atoms with Crippen LogP contribution in [-0.2, 0) is 4.79 Å². The first-order chi connectivity index (χ1) is 22.3. The molecular weight excluding hydrogens is 622 g/mol. The van der Waals surface area contributed by atoms with Crippen LogP contribution in [-0.4, -0.2) is 41.3 Å². The lowest BCUT2D eigenvalue weighted by Crippen LogP contribution is -2.33. The van der Waals surface area contributed by atoms with Gasteiger partial charge in [-0.25, -0.2) is 8.78 Å². The minimum absolute atomic E-state index is 0. The molecule has 0 aromatic heterocycles. The maximum Gasteiger partial charge on any atom is 0.275 e. The maximum absolute atomic E-state index is 15.6. The zero-order chi connectivity index (χ0) is 32.1. The molecule has 2 aliphatic rings. The lowest BCUT2D eigenvalue weighted by molar-refractivity contribution is -0.121. The molecule has 1 N–H and O–H groups in total. The predicted octanol–water partition coefficient (Wildman–Crippen LogP) is 7.99. The van der Waals surface area contributed by atoms with E-state index in [4.69, 9.17) is 0 Å². The molecule has 4 aromatic carbocycles. The molecule has 0 atom stereocenters. The number of allylic oxidation sites excluding steroid dienone is 2. The second-order valence-electron chi connectivity index (χ2n) is 10.6. The number of alkyl halides is 2. The van der Waals surface area contributed by atoms with Crippen molar-refractivity contribution in [3.63, 3.8) is 0 Å². The summed E-state index contributed by atoms with van der Waals surface area (Å²) in [6, 6.07) is 29.5. The highest BCUT2D eigenvalue weighted by molar-refractivity contribution is 6.11. The van der Waals surface area contributed by atoms with Crippen molar-refractivity contribution >= 4 is 53.3 Å². The first-order valence-corrected chi connectivity index (χ1v) is 14.6. The first kappa shape index (κ1) is 32.7. The van der Waals surface area contributed by atoms with E-state index in [0.29, 0.717) is 11.3 Å². The molecule has 4 aromatic rings. The summed E-state index contributed by atoms with van der Waals surface area (Å²) in [6.07, 6.45) is 7.42. The van der Waals surface area contributed by atoms with E-state index in [9.17, 15) is 14.4 Å². The number of amides is 3. The molecule has 236 valence electrons. The number of benzene rings is 4. The third kappa shape index (κ3) is 7.10. The van der Waals surface area contributed by atoms with Crippen molar-refractivity contribution < 1.29 is 23.2 Å². The lowest BCUT2D eigenvalue weighted by Gasteiger charge is -2.23. The molecule has 0 bridgehead atoms. The van der Waals surface area contributed by atoms with Gasteiger partial charge in [-0.2, -0.15) is 0 Å². The quantitative estimate of drug-likeness (QED) is 0.222. The molecule has 0 aliphatic carbocycles. The molecule has 0 radical (unpaired) electrons. The number of anilines is 2. The van der Waals surface area contributed by atoms with E-state index < -0.39 is 29.7 Å². The van der Waals surface area contributed by atoms with E-state index in [0.717, 1.165) is 22.1 Å². The number of rotatable bonds is 5. The number of halogens is 3. The van der Waals surface area contributed by atoms with Gasteiger partial charge < -0.3 is 10.2 Å². The smallest absolute Gasteiger partial charge is 0.275 e. The third-order valence-corrected chi connectivity index (χ3v) is 7.67. The Morgan fingerprint density at radius 2 is 1.49 bits per heavy atom. The molecule has 2 aliphatic heterocycles. The summed E-state index contributed by atoms with van der Waals surface area (Å²) in [5, 5.41) is 2.88. The largest absolute Gasteiger partial charge is 0.322 e. The van der Waals surface area contributed by atoms with E-state index in [2.05, 4.69) is 10.3 Å². The summed E-state index contributed by atoms with van der Waals surface area (Å²) < 4.78 is 31.3. The van der Waals surface area contributed by atoms with Crippen molar-refractivity contribution in [3.05, 3.63) is 151 Å². The normalized spacial score (nSPS) is 15.7. The van der Waals surface area contributed by atoms with Crippen LogP contribution in [0.3, 0.4) is 0 Å². The van der Waals surface area contributed by atoms with Crippen LogP contribution in [0.4, 0.5) is 20.2 Å². The van der Waals surface area contributed by atoms with E-state index in [1.165, 1.54) is 41.9 Å². The summed E-state index contributed by atoms with van der Waals surface area (Å²) in [6.45, 7) is -0.277. The van der Waals surface area contributed by atoms with Gasteiger partial charge in [0.05, 0.1) is 5.69 Å². The SMILES string of the molecule is Cl.O=C(Nc1ccc(C(=O)N2CCC(F)(F)/C(=C\C(=O)N3C=CC=NC=C3)c3ccccc32)cc1)c1ccccc1-c1ccccc1. The molecule has 0 spiro atoms. The van der Waals surface area contributed by atoms with E-state index in [1.807, 2.05) is 42.5 Å². The molecule has 6 rings (SSSR count).